The molecule has 0 amide bonds. The molecule has 5 heteroatoms. The van der Waals surface area contributed by atoms with E-state index >= 15 is 0 Å². The largest absolute Gasteiger partial charge is 0.377 e. The van der Waals surface area contributed by atoms with Crippen molar-refractivity contribution in [1.82, 2.24) is 15.5 Å². The van der Waals surface area contributed by atoms with Crippen LogP contribution in [0.4, 0.5) is 0 Å². The highest BCUT2D eigenvalue weighted by atomic mass is 16.5. The number of piperidine rings is 1. The summed E-state index contributed by atoms with van der Waals surface area (Å²) in [6, 6.07) is 0. The van der Waals surface area contributed by atoms with Crippen molar-refractivity contribution in [1.29, 1.82) is 0 Å². The summed E-state index contributed by atoms with van der Waals surface area (Å²) < 4.78 is 5.41. The Morgan fingerprint density at radius 1 is 1.27 bits per heavy atom. The monoisotopic (exact) mass is 312 g/mol. The van der Waals surface area contributed by atoms with Crippen molar-refractivity contribution >= 4 is 5.96 Å². The van der Waals surface area contributed by atoms with Gasteiger partial charge in [-0.15, -0.1) is 0 Å². The minimum Gasteiger partial charge on any atom is -0.377 e. The molecule has 0 spiro atoms. The first-order valence-electron chi connectivity index (χ1n) is 8.76. The van der Waals surface area contributed by atoms with Crippen LogP contribution in [0.2, 0.25) is 0 Å². The first-order chi connectivity index (χ1) is 10.5. The molecule has 0 atom stereocenters. The standard InChI is InChI=1S/C17H36N4O/c1-6-18-16(20-14-17(3,4)22-5)19-10-7-11-21-12-8-15(2)9-13-21/h15H,6-14H2,1-5H3,(H2,18,19,20). The number of guanidine groups is 1. The number of methoxy groups -OCH3 is 1. The number of likely N-dealkylation sites (tertiary alicyclic amines) is 1. The third-order valence-electron chi connectivity index (χ3n) is 4.33. The van der Waals surface area contributed by atoms with Crippen LogP contribution in [-0.2, 0) is 4.74 Å². The van der Waals surface area contributed by atoms with Gasteiger partial charge >= 0.3 is 0 Å². The van der Waals surface area contributed by atoms with E-state index in [9.17, 15) is 0 Å². The molecule has 1 aliphatic heterocycles. The van der Waals surface area contributed by atoms with Crippen molar-refractivity contribution in [3.63, 3.8) is 0 Å². The summed E-state index contributed by atoms with van der Waals surface area (Å²) in [5.74, 6) is 1.80. The topological polar surface area (TPSA) is 48.9 Å². The van der Waals surface area contributed by atoms with E-state index in [0.717, 1.165) is 31.4 Å². The predicted octanol–water partition coefficient (Wildman–Crippen LogP) is 2.09. The van der Waals surface area contributed by atoms with Crippen LogP contribution in [0, 0.1) is 5.92 Å². The maximum absolute atomic E-state index is 5.41. The van der Waals surface area contributed by atoms with Gasteiger partial charge in [0.15, 0.2) is 5.96 Å². The van der Waals surface area contributed by atoms with Crippen LogP contribution in [0.1, 0.15) is 47.0 Å². The van der Waals surface area contributed by atoms with E-state index in [0.29, 0.717) is 6.54 Å². The van der Waals surface area contributed by atoms with Gasteiger partial charge in [0.05, 0.1) is 12.1 Å². The summed E-state index contributed by atoms with van der Waals surface area (Å²) in [7, 11) is 1.73. The molecule has 1 aliphatic rings. The molecule has 0 aliphatic carbocycles. The minimum atomic E-state index is -0.215. The third kappa shape index (κ3) is 7.99. The van der Waals surface area contributed by atoms with Gasteiger partial charge in [0, 0.05) is 20.2 Å². The Hall–Kier alpha value is -0.810. The number of rotatable bonds is 8. The maximum Gasteiger partial charge on any atom is 0.191 e. The van der Waals surface area contributed by atoms with Crippen LogP contribution in [0.25, 0.3) is 0 Å². The highest BCUT2D eigenvalue weighted by molar-refractivity contribution is 5.79. The molecule has 1 rings (SSSR count). The van der Waals surface area contributed by atoms with Crippen molar-refractivity contribution in [2.24, 2.45) is 10.9 Å². The Bertz CT molecular complexity index is 323. The van der Waals surface area contributed by atoms with Gasteiger partial charge in [0.1, 0.15) is 0 Å². The molecule has 0 aromatic carbocycles. The smallest absolute Gasteiger partial charge is 0.191 e. The molecule has 1 saturated heterocycles. The number of nitrogens with one attached hydrogen (secondary N) is 2. The Morgan fingerprint density at radius 2 is 1.95 bits per heavy atom. The lowest BCUT2D eigenvalue weighted by molar-refractivity contribution is 0.0310. The fourth-order valence-electron chi connectivity index (χ4n) is 2.47. The summed E-state index contributed by atoms with van der Waals surface area (Å²) in [5, 5.41) is 6.72. The molecule has 2 N–H and O–H groups in total. The normalized spacial score (nSPS) is 18.5. The lowest BCUT2D eigenvalue weighted by Gasteiger charge is -2.30. The van der Waals surface area contributed by atoms with Crippen LogP contribution in [0.5, 0.6) is 0 Å². The molecule has 0 aromatic rings. The first-order valence-corrected chi connectivity index (χ1v) is 8.76. The zero-order valence-corrected chi connectivity index (χ0v) is 15.2. The second kappa shape index (κ2) is 10.1. The van der Waals surface area contributed by atoms with Gasteiger partial charge in [-0.25, -0.2) is 0 Å². The number of aliphatic imine (C=N–C) groups is 1. The SMILES string of the molecule is CCNC(=NCC(C)(C)OC)NCCCN1CCC(C)CC1. The van der Waals surface area contributed by atoms with Gasteiger partial charge in [-0.05, 0) is 65.6 Å². The molecule has 0 bridgehead atoms. The van der Waals surface area contributed by atoms with Crippen LogP contribution in [0.15, 0.2) is 4.99 Å². The average molecular weight is 313 g/mol. The molecule has 22 heavy (non-hydrogen) atoms. The Morgan fingerprint density at radius 3 is 2.55 bits per heavy atom. The molecular weight excluding hydrogens is 276 g/mol. The molecule has 0 unspecified atom stereocenters. The number of hydrogen-bond acceptors (Lipinski definition) is 3. The van der Waals surface area contributed by atoms with Crippen LogP contribution in [-0.4, -0.2) is 62.8 Å². The lowest BCUT2D eigenvalue weighted by atomic mass is 9.99. The minimum absolute atomic E-state index is 0.215. The van der Waals surface area contributed by atoms with Crippen molar-refractivity contribution in [3.8, 4) is 0 Å². The summed E-state index contributed by atoms with van der Waals surface area (Å²) >= 11 is 0. The highest BCUT2D eigenvalue weighted by Gasteiger charge is 2.16. The zero-order chi connectivity index (χ0) is 16.4. The molecule has 0 saturated carbocycles. The highest BCUT2D eigenvalue weighted by Crippen LogP contribution is 2.15. The van der Waals surface area contributed by atoms with E-state index < -0.39 is 0 Å². The summed E-state index contributed by atoms with van der Waals surface area (Å²) in [6.07, 6.45) is 3.86. The Labute approximate surface area is 136 Å². The van der Waals surface area contributed by atoms with E-state index in [1.807, 2.05) is 0 Å². The van der Waals surface area contributed by atoms with Crippen LogP contribution in [0.3, 0.4) is 0 Å². The van der Waals surface area contributed by atoms with E-state index in [1.165, 1.54) is 32.5 Å². The van der Waals surface area contributed by atoms with Crippen molar-refractivity contribution in [2.45, 2.75) is 52.6 Å². The maximum atomic E-state index is 5.41. The molecule has 1 heterocycles. The summed E-state index contributed by atoms with van der Waals surface area (Å²) in [4.78, 5) is 7.19. The fourth-order valence-corrected chi connectivity index (χ4v) is 2.47. The van der Waals surface area contributed by atoms with Crippen molar-refractivity contribution in [2.75, 3.05) is 46.4 Å². The van der Waals surface area contributed by atoms with E-state index in [1.54, 1.807) is 7.11 Å². The number of ether oxygens (including phenoxy) is 1. The molecule has 130 valence electrons. The van der Waals surface area contributed by atoms with E-state index in [2.05, 4.69) is 48.2 Å². The molecule has 5 nitrogen and oxygen atoms in total. The van der Waals surface area contributed by atoms with Gasteiger partial charge in [0.25, 0.3) is 0 Å². The third-order valence-corrected chi connectivity index (χ3v) is 4.33. The summed E-state index contributed by atoms with van der Waals surface area (Å²) in [5.41, 5.74) is -0.215. The van der Waals surface area contributed by atoms with Gasteiger partial charge in [-0.3, -0.25) is 4.99 Å². The first kappa shape index (κ1) is 19.2. The van der Waals surface area contributed by atoms with Crippen molar-refractivity contribution < 1.29 is 4.74 Å². The molecule has 1 fully saturated rings. The van der Waals surface area contributed by atoms with Gasteiger partial charge < -0.3 is 20.3 Å². The Kier molecular flexibility index (Phi) is 8.79. The Balaban J connectivity index is 2.24. The predicted molar refractivity (Wildman–Crippen MR) is 94.5 cm³/mol. The van der Waals surface area contributed by atoms with E-state index in [-0.39, 0.29) is 5.60 Å². The zero-order valence-electron chi connectivity index (χ0n) is 15.2. The molecular formula is C17H36N4O. The van der Waals surface area contributed by atoms with E-state index in [4.69, 9.17) is 4.74 Å². The quantitative estimate of drug-likeness (QED) is 0.409. The number of hydrogen-bond donors (Lipinski definition) is 2. The van der Waals surface area contributed by atoms with Gasteiger partial charge in [-0.2, -0.15) is 0 Å². The second-order valence-electron chi connectivity index (χ2n) is 6.96. The number of nitrogens with zero attached hydrogens (tertiary/aromatic N) is 2. The molecule has 0 radical (unpaired) electrons. The van der Waals surface area contributed by atoms with Crippen LogP contribution < -0.4 is 10.6 Å². The second-order valence-corrected chi connectivity index (χ2v) is 6.96. The van der Waals surface area contributed by atoms with Crippen LogP contribution >= 0.6 is 0 Å². The van der Waals surface area contributed by atoms with Crippen molar-refractivity contribution in [3.05, 3.63) is 0 Å². The average Bonchev–Trinajstić information content (AvgIpc) is 2.51. The fraction of sp³-hybridized carbons (Fsp3) is 0.941. The lowest BCUT2D eigenvalue weighted by Crippen LogP contribution is -2.41. The van der Waals surface area contributed by atoms with Gasteiger partial charge in [0.2, 0.25) is 0 Å². The summed E-state index contributed by atoms with van der Waals surface area (Å²) in [6.45, 7) is 14.8. The van der Waals surface area contributed by atoms with Gasteiger partial charge in [-0.1, -0.05) is 6.92 Å². The molecule has 0 aromatic heterocycles.